The molecule has 4 nitrogen and oxygen atoms in total. The van der Waals surface area contributed by atoms with E-state index in [0.717, 1.165) is 16.8 Å². The Hall–Kier alpha value is -2.27. The van der Waals surface area contributed by atoms with E-state index in [-0.39, 0.29) is 6.61 Å². The number of allylic oxidation sites excluding steroid dienone is 2. The van der Waals surface area contributed by atoms with Crippen LogP contribution in [0.2, 0.25) is 0 Å². The third kappa shape index (κ3) is 10.5. The molecule has 2 aromatic carbocycles. The second-order valence-corrected chi connectivity index (χ2v) is 5.58. The van der Waals surface area contributed by atoms with Crippen molar-refractivity contribution < 1.29 is 14.6 Å². The van der Waals surface area contributed by atoms with Crippen molar-refractivity contribution in [2.45, 2.75) is 13.8 Å². The number of ether oxygens (including phenoxy) is 2. The van der Waals surface area contributed by atoms with Crippen LogP contribution in [0.4, 0.5) is 0 Å². The molecule has 0 atom stereocenters. The maximum atomic E-state index is 8.60. The summed E-state index contributed by atoms with van der Waals surface area (Å²) in [7, 11) is 0. The summed E-state index contributed by atoms with van der Waals surface area (Å²) >= 11 is 0. The van der Waals surface area contributed by atoms with Gasteiger partial charge in [-0.15, -0.1) is 0 Å². The monoisotopic (exact) mass is 369 g/mol. The molecular weight excluding hydrogens is 338 g/mol. The fraction of sp³-hybridized carbons (Fsp3) is 0.348. The van der Waals surface area contributed by atoms with E-state index >= 15 is 0 Å². The van der Waals surface area contributed by atoms with Crippen LogP contribution < -0.4 is 0 Å². The largest absolute Gasteiger partial charge is 0.394 e. The molecule has 0 saturated heterocycles. The molecule has 27 heavy (non-hydrogen) atoms. The standard InChI is InChI=1S/C19H23NO3.C4H8/c21-12-14-23-16-15-22-13-11-20-19(17-7-3-1-4-8-17)18-9-5-2-6-10-18;1-3-4-2/h1-10,21H,11-16H2;3-4H,1-2H3/b;4-3-. The first-order valence-electron chi connectivity index (χ1n) is 9.32. The maximum Gasteiger partial charge on any atom is 0.0719 e. The lowest BCUT2D eigenvalue weighted by Gasteiger charge is -2.08. The Balaban J connectivity index is 0.000000828. The van der Waals surface area contributed by atoms with Crippen LogP contribution in [0.3, 0.4) is 0 Å². The predicted octanol–water partition coefficient (Wildman–Crippen LogP) is 4.13. The normalized spacial score (nSPS) is 10.3. The molecule has 0 spiro atoms. The van der Waals surface area contributed by atoms with Gasteiger partial charge in [0.1, 0.15) is 0 Å². The number of aliphatic imine (C=N–C) groups is 1. The van der Waals surface area contributed by atoms with Crippen molar-refractivity contribution in [2.75, 3.05) is 39.6 Å². The summed E-state index contributed by atoms with van der Waals surface area (Å²) in [5.41, 5.74) is 3.18. The molecule has 0 radical (unpaired) electrons. The second-order valence-electron chi connectivity index (χ2n) is 5.58. The second kappa shape index (κ2) is 15.9. The van der Waals surface area contributed by atoms with Crippen molar-refractivity contribution in [3.8, 4) is 0 Å². The third-order valence-corrected chi connectivity index (χ3v) is 3.54. The zero-order valence-corrected chi connectivity index (χ0v) is 16.4. The van der Waals surface area contributed by atoms with Crippen LogP contribution in [0.25, 0.3) is 0 Å². The zero-order valence-electron chi connectivity index (χ0n) is 16.4. The van der Waals surface area contributed by atoms with Crippen molar-refractivity contribution in [2.24, 2.45) is 4.99 Å². The molecule has 0 aliphatic heterocycles. The molecule has 0 heterocycles. The molecule has 0 aliphatic rings. The smallest absolute Gasteiger partial charge is 0.0719 e. The quantitative estimate of drug-likeness (QED) is 0.389. The molecule has 1 N–H and O–H groups in total. The molecule has 0 fully saturated rings. The van der Waals surface area contributed by atoms with Crippen LogP contribution >= 0.6 is 0 Å². The Morgan fingerprint density at radius 3 is 1.70 bits per heavy atom. The maximum absolute atomic E-state index is 8.60. The number of aliphatic hydroxyl groups excluding tert-OH is 1. The molecule has 0 amide bonds. The predicted molar refractivity (Wildman–Crippen MR) is 113 cm³/mol. The highest BCUT2D eigenvalue weighted by atomic mass is 16.5. The Labute approximate surface area is 163 Å². The summed E-state index contributed by atoms with van der Waals surface area (Å²) < 4.78 is 10.6. The van der Waals surface area contributed by atoms with Gasteiger partial charge in [-0.25, -0.2) is 0 Å². The summed E-state index contributed by atoms with van der Waals surface area (Å²) in [5.74, 6) is 0. The van der Waals surface area contributed by atoms with Crippen molar-refractivity contribution in [3.05, 3.63) is 83.9 Å². The van der Waals surface area contributed by atoms with E-state index in [2.05, 4.69) is 24.3 Å². The molecule has 0 unspecified atom stereocenters. The number of hydrogen-bond acceptors (Lipinski definition) is 4. The van der Waals surface area contributed by atoms with Crippen molar-refractivity contribution in [3.63, 3.8) is 0 Å². The first kappa shape index (κ1) is 22.8. The Morgan fingerprint density at radius 1 is 0.778 bits per heavy atom. The molecular formula is C23H31NO3. The Morgan fingerprint density at radius 2 is 1.26 bits per heavy atom. The van der Waals surface area contributed by atoms with Gasteiger partial charge in [0.15, 0.2) is 0 Å². The Kier molecular flexibility index (Phi) is 13.4. The number of aliphatic hydroxyl groups is 1. The van der Waals surface area contributed by atoms with Gasteiger partial charge in [-0.05, 0) is 13.8 Å². The fourth-order valence-electron chi connectivity index (χ4n) is 2.15. The van der Waals surface area contributed by atoms with Gasteiger partial charge in [0.05, 0.1) is 45.3 Å². The van der Waals surface area contributed by atoms with E-state index in [1.807, 2.05) is 62.4 Å². The Bertz CT molecular complexity index is 594. The summed E-state index contributed by atoms with van der Waals surface area (Å²) in [6.45, 7) is 6.55. The number of nitrogens with zero attached hydrogens (tertiary/aromatic N) is 1. The minimum Gasteiger partial charge on any atom is -0.394 e. The van der Waals surface area contributed by atoms with E-state index in [9.17, 15) is 0 Å². The summed E-state index contributed by atoms with van der Waals surface area (Å²) in [5, 5.41) is 8.60. The first-order chi connectivity index (χ1) is 13.3. The van der Waals surface area contributed by atoms with E-state index in [0.29, 0.717) is 33.0 Å². The van der Waals surface area contributed by atoms with Crippen molar-refractivity contribution in [1.29, 1.82) is 0 Å². The van der Waals surface area contributed by atoms with Crippen LogP contribution in [0, 0.1) is 0 Å². The lowest BCUT2D eigenvalue weighted by molar-refractivity contribution is 0.0355. The van der Waals surface area contributed by atoms with E-state index < -0.39 is 0 Å². The highest BCUT2D eigenvalue weighted by Crippen LogP contribution is 2.10. The van der Waals surface area contributed by atoms with Gasteiger partial charge in [0, 0.05) is 11.1 Å². The highest BCUT2D eigenvalue weighted by molar-refractivity contribution is 6.12. The number of hydrogen-bond donors (Lipinski definition) is 1. The molecule has 4 heteroatoms. The molecule has 146 valence electrons. The highest BCUT2D eigenvalue weighted by Gasteiger charge is 2.05. The number of benzene rings is 2. The molecule has 0 bridgehead atoms. The molecule has 0 aromatic heterocycles. The lowest BCUT2D eigenvalue weighted by atomic mass is 10.0. The minimum absolute atomic E-state index is 0.0435. The van der Waals surface area contributed by atoms with E-state index in [1.54, 1.807) is 0 Å². The first-order valence-corrected chi connectivity index (χ1v) is 9.32. The lowest BCUT2D eigenvalue weighted by Crippen LogP contribution is -2.10. The van der Waals surface area contributed by atoms with Crippen LogP contribution in [0.5, 0.6) is 0 Å². The van der Waals surface area contributed by atoms with Gasteiger partial charge in [-0.1, -0.05) is 72.8 Å². The molecule has 0 saturated carbocycles. The van der Waals surface area contributed by atoms with E-state index in [1.165, 1.54) is 0 Å². The minimum atomic E-state index is 0.0435. The van der Waals surface area contributed by atoms with E-state index in [4.69, 9.17) is 19.6 Å². The molecule has 0 aliphatic carbocycles. The van der Waals surface area contributed by atoms with Crippen LogP contribution in [0.15, 0.2) is 77.8 Å². The van der Waals surface area contributed by atoms with Crippen LogP contribution in [-0.2, 0) is 9.47 Å². The van der Waals surface area contributed by atoms with Crippen LogP contribution in [0.1, 0.15) is 25.0 Å². The van der Waals surface area contributed by atoms with Crippen molar-refractivity contribution >= 4 is 5.71 Å². The van der Waals surface area contributed by atoms with Gasteiger partial charge in [-0.2, -0.15) is 0 Å². The van der Waals surface area contributed by atoms with Crippen molar-refractivity contribution in [1.82, 2.24) is 0 Å². The van der Waals surface area contributed by atoms with Gasteiger partial charge in [0.25, 0.3) is 0 Å². The molecule has 2 aromatic rings. The average molecular weight is 370 g/mol. The summed E-state index contributed by atoms with van der Waals surface area (Å²) in [4.78, 5) is 4.71. The van der Waals surface area contributed by atoms with Gasteiger partial charge < -0.3 is 14.6 Å². The van der Waals surface area contributed by atoms with Gasteiger partial charge >= 0.3 is 0 Å². The number of rotatable bonds is 10. The van der Waals surface area contributed by atoms with Gasteiger partial charge in [-0.3, -0.25) is 4.99 Å². The molecule has 2 rings (SSSR count). The fourth-order valence-corrected chi connectivity index (χ4v) is 2.15. The van der Waals surface area contributed by atoms with Gasteiger partial charge in [0.2, 0.25) is 0 Å². The third-order valence-electron chi connectivity index (χ3n) is 3.54. The SMILES string of the molecule is C/C=C\C.OCCOCCOCCN=C(c1ccccc1)c1ccccc1. The van der Waals surface area contributed by atoms with Crippen LogP contribution in [-0.4, -0.2) is 50.4 Å². The zero-order chi connectivity index (χ0) is 19.6. The topological polar surface area (TPSA) is 51.0 Å². The average Bonchev–Trinajstić information content (AvgIpc) is 2.74. The summed E-state index contributed by atoms with van der Waals surface area (Å²) in [6, 6.07) is 20.3. The summed E-state index contributed by atoms with van der Waals surface area (Å²) in [6.07, 6.45) is 4.00.